The number of aliphatic carboxylic acids is 1. The number of carboxylic acid groups (broad SMARTS) is 1. The maximum atomic E-state index is 12.5. The summed E-state index contributed by atoms with van der Waals surface area (Å²) in [6.45, 7) is 16.9. The fourth-order valence-electron chi connectivity index (χ4n) is 10.5. The van der Waals surface area contributed by atoms with Crippen LogP contribution in [0.4, 0.5) is 0 Å². The third kappa shape index (κ3) is 2.87. The molecule has 3 heteroatoms. The molecule has 4 fully saturated rings. The molecule has 3 nitrogen and oxygen atoms in total. The minimum atomic E-state index is -1.03. The number of aliphatic hydroxyl groups excluding tert-OH is 1. The van der Waals surface area contributed by atoms with Gasteiger partial charge in [0.2, 0.25) is 0 Å². The zero-order chi connectivity index (χ0) is 24.2. The van der Waals surface area contributed by atoms with Gasteiger partial charge in [-0.2, -0.15) is 0 Å². The first-order chi connectivity index (χ1) is 15.1. The van der Waals surface area contributed by atoms with Crippen molar-refractivity contribution in [3.05, 3.63) is 11.6 Å². The molecule has 5 aliphatic carbocycles. The van der Waals surface area contributed by atoms with Crippen LogP contribution in [0.2, 0.25) is 0 Å². The van der Waals surface area contributed by atoms with Gasteiger partial charge in [0.15, 0.2) is 0 Å². The van der Waals surface area contributed by atoms with Crippen molar-refractivity contribution in [1.82, 2.24) is 0 Å². The van der Waals surface area contributed by atoms with Crippen LogP contribution in [0.25, 0.3) is 0 Å². The zero-order valence-electron chi connectivity index (χ0n) is 22.3. The van der Waals surface area contributed by atoms with Gasteiger partial charge in [0, 0.05) is 0 Å². The van der Waals surface area contributed by atoms with Crippen LogP contribution in [-0.2, 0) is 4.79 Å². The molecule has 0 amide bonds. The molecule has 0 aliphatic heterocycles. The highest BCUT2D eigenvalue weighted by Gasteiger charge is 2.69. The first-order valence-electron chi connectivity index (χ1n) is 13.8. The van der Waals surface area contributed by atoms with Gasteiger partial charge in [-0.15, -0.1) is 0 Å². The van der Waals surface area contributed by atoms with E-state index < -0.39 is 17.5 Å². The fourth-order valence-corrected chi connectivity index (χ4v) is 10.5. The summed E-state index contributed by atoms with van der Waals surface area (Å²) in [6, 6.07) is 0. The highest BCUT2D eigenvalue weighted by molar-refractivity contribution is 5.76. The van der Waals surface area contributed by atoms with Gasteiger partial charge in [0.05, 0.1) is 11.5 Å². The third-order valence-corrected chi connectivity index (χ3v) is 13.2. The summed E-state index contributed by atoms with van der Waals surface area (Å²) in [5.74, 6) is 0.432. The molecular formula is C30H48O3. The van der Waals surface area contributed by atoms with Crippen molar-refractivity contribution >= 4 is 5.97 Å². The van der Waals surface area contributed by atoms with Crippen LogP contribution < -0.4 is 0 Å². The standard InChI is InChI=1S/C30H48O3/c1-25(2)14-15-26(3)16-17-28(5)19(20(26)18-25)8-9-21-27(4)12-11-23(31)30(7,24(32)33)22(27)10-13-29(21,28)6/h8,20-23,31H,9-18H2,1-7H3,(H,32,33)/t20-,21+,22+,23+,26+,27+,28+,29+,30+/m0/s1. The Balaban J connectivity index is 1.58. The molecule has 0 radical (unpaired) electrons. The van der Waals surface area contributed by atoms with E-state index in [9.17, 15) is 15.0 Å². The minimum Gasteiger partial charge on any atom is -0.481 e. The Morgan fingerprint density at radius 3 is 2.21 bits per heavy atom. The molecule has 0 saturated heterocycles. The number of allylic oxidation sites excluding steroid dienone is 2. The minimum absolute atomic E-state index is 0.0308. The van der Waals surface area contributed by atoms with Gasteiger partial charge in [0.25, 0.3) is 0 Å². The zero-order valence-corrected chi connectivity index (χ0v) is 22.3. The Hall–Kier alpha value is -0.830. The monoisotopic (exact) mass is 456 g/mol. The van der Waals surface area contributed by atoms with Gasteiger partial charge in [-0.05, 0) is 116 Å². The lowest BCUT2D eigenvalue weighted by Crippen LogP contribution is -2.66. The average molecular weight is 457 g/mol. The van der Waals surface area contributed by atoms with E-state index in [0.29, 0.717) is 29.1 Å². The van der Waals surface area contributed by atoms with E-state index in [-0.39, 0.29) is 22.2 Å². The summed E-state index contributed by atoms with van der Waals surface area (Å²) < 4.78 is 0. The molecule has 0 unspecified atom stereocenters. The van der Waals surface area contributed by atoms with E-state index in [1.54, 1.807) is 5.57 Å². The second-order valence-corrected chi connectivity index (χ2v) is 15.0. The first kappa shape index (κ1) is 23.9. The van der Waals surface area contributed by atoms with Crippen molar-refractivity contribution in [1.29, 1.82) is 0 Å². The van der Waals surface area contributed by atoms with Crippen molar-refractivity contribution in [3.8, 4) is 0 Å². The van der Waals surface area contributed by atoms with E-state index in [2.05, 4.69) is 47.6 Å². The van der Waals surface area contributed by atoms with E-state index in [1.807, 2.05) is 6.92 Å². The Kier molecular flexibility index (Phi) is 4.99. The number of rotatable bonds is 1. The maximum Gasteiger partial charge on any atom is 0.312 e. The second-order valence-electron chi connectivity index (χ2n) is 15.0. The Labute approximate surface area is 201 Å². The van der Waals surface area contributed by atoms with Gasteiger partial charge in [-0.3, -0.25) is 4.79 Å². The molecule has 9 atom stereocenters. The second kappa shape index (κ2) is 6.89. The van der Waals surface area contributed by atoms with Gasteiger partial charge in [-0.25, -0.2) is 0 Å². The molecule has 0 aromatic carbocycles. The van der Waals surface area contributed by atoms with E-state index >= 15 is 0 Å². The number of hydrogen-bond acceptors (Lipinski definition) is 2. The predicted octanol–water partition coefficient (Wildman–Crippen LogP) is 7.23. The fraction of sp³-hybridized carbons (Fsp3) is 0.900. The molecule has 0 aromatic rings. The molecule has 5 rings (SSSR count). The lowest BCUT2D eigenvalue weighted by molar-refractivity contribution is -0.216. The summed E-state index contributed by atoms with van der Waals surface area (Å²) in [5.41, 5.74) is 1.98. The molecule has 2 N–H and O–H groups in total. The Bertz CT molecular complexity index is 889. The predicted molar refractivity (Wildman–Crippen MR) is 133 cm³/mol. The first-order valence-corrected chi connectivity index (χ1v) is 13.8. The van der Waals surface area contributed by atoms with E-state index in [0.717, 1.165) is 25.7 Å². The van der Waals surface area contributed by atoms with E-state index in [1.165, 1.54) is 32.1 Å². The summed E-state index contributed by atoms with van der Waals surface area (Å²) >= 11 is 0. The normalized spacial score (nSPS) is 55.3. The van der Waals surface area contributed by atoms with Crippen LogP contribution in [-0.4, -0.2) is 22.3 Å². The Morgan fingerprint density at radius 2 is 1.55 bits per heavy atom. The third-order valence-electron chi connectivity index (χ3n) is 13.2. The van der Waals surface area contributed by atoms with Crippen molar-refractivity contribution in [2.75, 3.05) is 0 Å². The summed E-state index contributed by atoms with van der Waals surface area (Å²) in [4.78, 5) is 12.5. The van der Waals surface area contributed by atoms with Gasteiger partial charge in [0.1, 0.15) is 0 Å². The number of carboxylic acids is 1. The lowest BCUT2D eigenvalue weighted by atomic mass is 9.33. The Morgan fingerprint density at radius 1 is 0.879 bits per heavy atom. The summed E-state index contributed by atoms with van der Waals surface area (Å²) in [5, 5.41) is 21.1. The highest BCUT2D eigenvalue weighted by atomic mass is 16.4. The smallest absolute Gasteiger partial charge is 0.312 e. The van der Waals surface area contributed by atoms with Gasteiger partial charge in [-0.1, -0.05) is 53.2 Å². The summed E-state index contributed by atoms with van der Waals surface area (Å²) in [6.07, 6.45) is 13.2. The van der Waals surface area contributed by atoms with Crippen LogP contribution in [0.1, 0.15) is 113 Å². The molecule has 0 aromatic heterocycles. The summed E-state index contributed by atoms with van der Waals surface area (Å²) in [7, 11) is 0. The van der Waals surface area contributed by atoms with Crippen LogP contribution in [0.3, 0.4) is 0 Å². The molecular weight excluding hydrogens is 408 g/mol. The topological polar surface area (TPSA) is 57.5 Å². The van der Waals surface area contributed by atoms with Crippen LogP contribution in [0.15, 0.2) is 11.6 Å². The average Bonchev–Trinajstić information content (AvgIpc) is 2.72. The molecule has 186 valence electrons. The van der Waals surface area contributed by atoms with Gasteiger partial charge >= 0.3 is 5.97 Å². The lowest BCUT2D eigenvalue weighted by Gasteiger charge is -2.71. The quantitative estimate of drug-likeness (QED) is 0.409. The molecule has 0 heterocycles. The number of carbonyl (C=O) groups is 1. The largest absolute Gasteiger partial charge is 0.481 e. The molecule has 33 heavy (non-hydrogen) atoms. The highest BCUT2D eigenvalue weighted by Crippen LogP contribution is 2.75. The van der Waals surface area contributed by atoms with Crippen molar-refractivity contribution in [3.63, 3.8) is 0 Å². The van der Waals surface area contributed by atoms with E-state index in [4.69, 9.17) is 0 Å². The number of fused-ring (bicyclic) bond motifs is 7. The van der Waals surface area contributed by atoms with Crippen molar-refractivity contribution < 1.29 is 15.0 Å². The number of hydrogen-bond donors (Lipinski definition) is 2. The molecule has 5 aliphatic rings. The molecule has 0 bridgehead atoms. The van der Waals surface area contributed by atoms with Crippen molar-refractivity contribution in [2.24, 2.45) is 50.2 Å². The van der Waals surface area contributed by atoms with Crippen molar-refractivity contribution in [2.45, 2.75) is 119 Å². The molecule has 0 spiro atoms. The van der Waals surface area contributed by atoms with Gasteiger partial charge < -0.3 is 10.2 Å². The van der Waals surface area contributed by atoms with Crippen LogP contribution >= 0.6 is 0 Å². The number of aliphatic hydroxyl groups is 1. The van der Waals surface area contributed by atoms with Crippen LogP contribution in [0.5, 0.6) is 0 Å². The SMILES string of the molecule is CC1(C)CC[C@]2(C)CC[C@]3(C)C(=CC[C@@H]4[C@@]5(C)CC[C@@H](O)[C@](C)(C(=O)O)[C@@H]5CC[C@]43C)[C@@H]2C1. The maximum absolute atomic E-state index is 12.5. The molecule has 4 saturated carbocycles. The van der Waals surface area contributed by atoms with Crippen LogP contribution in [0, 0.1) is 50.2 Å².